The summed E-state index contributed by atoms with van der Waals surface area (Å²) in [5.41, 5.74) is 1.80. The fourth-order valence-electron chi connectivity index (χ4n) is 4.82. The zero-order valence-corrected chi connectivity index (χ0v) is 15.7. The van der Waals surface area contributed by atoms with Crippen molar-refractivity contribution in [1.29, 1.82) is 0 Å². The molecule has 3 aromatic rings. The highest BCUT2D eigenvalue weighted by Crippen LogP contribution is 2.45. The van der Waals surface area contributed by atoms with Gasteiger partial charge in [0.15, 0.2) is 5.82 Å². The first-order valence-corrected chi connectivity index (χ1v) is 9.74. The lowest BCUT2D eigenvalue weighted by Crippen LogP contribution is -2.46. The van der Waals surface area contributed by atoms with E-state index in [1.165, 1.54) is 6.33 Å². The molecule has 1 aromatic carbocycles. The van der Waals surface area contributed by atoms with E-state index in [0.29, 0.717) is 28.5 Å². The molecule has 0 saturated heterocycles. The van der Waals surface area contributed by atoms with Gasteiger partial charge in [-0.15, -0.1) is 10.2 Å². The summed E-state index contributed by atoms with van der Waals surface area (Å²) in [6.07, 6.45) is 6.39. The van der Waals surface area contributed by atoms with Gasteiger partial charge in [0.25, 0.3) is 0 Å². The van der Waals surface area contributed by atoms with E-state index < -0.39 is 6.17 Å². The van der Waals surface area contributed by atoms with E-state index in [1.807, 2.05) is 24.1 Å². The maximum atomic E-state index is 14.9. The molecule has 0 amide bonds. The Kier molecular flexibility index (Phi) is 4.10. The molecule has 2 aliphatic carbocycles. The summed E-state index contributed by atoms with van der Waals surface area (Å²) >= 11 is 0. The van der Waals surface area contributed by atoms with Crippen LogP contribution in [0.4, 0.5) is 10.2 Å². The summed E-state index contributed by atoms with van der Waals surface area (Å²) in [6, 6.07) is 6.91. The van der Waals surface area contributed by atoms with Gasteiger partial charge in [-0.3, -0.25) is 0 Å². The van der Waals surface area contributed by atoms with Crippen LogP contribution in [0.25, 0.3) is 22.2 Å². The van der Waals surface area contributed by atoms with Crippen molar-refractivity contribution in [2.75, 3.05) is 11.9 Å². The van der Waals surface area contributed by atoms with Crippen LogP contribution in [0.3, 0.4) is 0 Å². The molecule has 2 bridgehead atoms. The topological polar surface area (TPSA) is 75.0 Å². The normalized spacial score (nSPS) is 26.5. The molecule has 2 aliphatic rings. The van der Waals surface area contributed by atoms with Gasteiger partial charge in [-0.05, 0) is 55.7 Å². The predicted octanol–water partition coefficient (Wildman–Crippen LogP) is 3.76. The van der Waals surface area contributed by atoms with E-state index in [9.17, 15) is 9.50 Å². The highest BCUT2D eigenvalue weighted by Gasteiger charge is 2.44. The number of aromatic hydroxyl groups is 1. The second kappa shape index (κ2) is 6.65. The van der Waals surface area contributed by atoms with Gasteiger partial charge in [0.1, 0.15) is 18.2 Å². The molecule has 0 radical (unpaired) electrons. The number of fused-ring (bicyclic) bond motifs is 3. The van der Waals surface area contributed by atoms with Crippen LogP contribution in [0.15, 0.2) is 36.8 Å². The average Bonchev–Trinajstić information content (AvgIpc) is 3.13. The van der Waals surface area contributed by atoms with Gasteiger partial charge in [-0.1, -0.05) is 0 Å². The largest absolute Gasteiger partial charge is 0.507 e. The maximum absolute atomic E-state index is 14.9. The number of anilines is 1. The SMILES string of the molecule is CN(c1ccc(-c2cc3cncnc3cc2O)nn1)[C@H]1C[C@@H]2CC[C@@H](C2)[C@H]1F. The second-order valence-corrected chi connectivity index (χ2v) is 8.03. The molecule has 1 N–H and O–H groups in total. The van der Waals surface area contributed by atoms with Crippen LogP contribution in [0, 0.1) is 11.8 Å². The van der Waals surface area contributed by atoms with Gasteiger partial charge < -0.3 is 10.0 Å². The molecule has 6 nitrogen and oxygen atoms in total. The van der Waals surface area contributed by atoms with Crippen molar-refractivity contribution >= 4 is 16.7 Å². The summed E-state index contributed by atoms with van der Waals surface area (Å²) in [6.45, 7) is 0. The second-order valence-electron chi connectivity index (χ2n) is 8.03. The molecule has 0 spiro atoms. The van der Waals surface area contributed by atoms with Crippen molar-refractivity contribution in [3.8, 4) is 17.0 Å². The fraction of sp³-hybridized carbons (Fsp3) is 0.429. The molecule has 2 heterocycles. The van der Waals surface area contributed by atoms with E-state index in [4.69, 9.17) is 0 Å². The number of hydrogen-bond donors (Lipinski definition) is 1. The Labute approximate surface area is 162 Å². The first-order chi connectivity index (χ1) is 13.6. The highest BCUT2D eigenvalue weighted by molar-refractivity contribution is 5.86. The Morgan fingerprint density at radius 1 is 1.14 bits per heavy atom. The van der Waals surface area contributed by atoms with Crippen LogP contribution >= 0.6 is 0 Å². The van der Waals surface area contributed by atoms with E-state index in [-0.39, 0.29) is 17.7 Å². The van der Waals surface area contributed by atoms with E-state index in [2.05, 4.69) is 20.2 Å². The van der Waals surface area contributed by atoms with Gasteiger partial charge in [-0.2, -0.15) is 0 Å². The molecular formula is C21H22FN5O. The average molecular weight is 379 g/mol. The molecule has 144 valence electrons. The summed E-state index contributed by atoms with van der Waals surface area (Å²) in [7, 11) is 1.90. The molecule has 28 heavy (non-hydrogen) atoms. The molecule has 2 saturated carbocycles. The smallest absolute Gasteiger partial charge is 0.151 e. The minimum Gasteiger partial charge on any atom is -0.507 e. The van der Waals surface area contributed by atoms with Crippen molar-refractivity contribution in [3.05, 3.63) is 36.8 Å². The van der Waals surface area contributed by atoms with Crippen molar-refractivity contribution in [1.82, 2.24) is 20.2 Å². The number of halogens is 1. The molecule has 2 aromatic heterocycles. The Hall–Kier alpha value is -2.83. The van der Waals surface area contributed by atoms with E-state index >= 15 is 0 Å². The van der Waals surface area contributed by atoms with Crippen molar-refractivity contribution in [2.45, 2.75) is 37.9 Å². The molecule has 0 unspecified atom stereocenters. The summed E-state index contributed by atoms with van der Waals surface area (Å²) in [5.74, 6) is 1.57. The summed E-state index contributed by atoms with van der Waals surface area (Å²) < 4.78 is 14.9. The first kappa shape index (κ1) is 17.3. The number of hydrogen-bond acceptors (Lipinski definition) is 6. The Balaban J connectivity index is 1.42. The highest BCUT2D eigenvalue weighted by atomic mass is 19.1. The lowest BCUT2D eigenvalue weighted by molar-refractivity contribution is 0.144. The molecule has 7 heteroatoms. The zero-order chi connectivity index (χ0) is 19.3. The van der Waals surface area contributed by atoms with E-state index in [1.54, 1.807) is 18.3 Å². The van der Waals surface area contributed by atoms with Crippen molar-refractivity contribution in [2.24, 2.45) is 11.8 Å². The number of rotatable bonds is 3. The van der Waals surface area contributed by atoms with Gasteiger partial charge in [0.2, 0.25) is 0 Å². The Morgan fingerprint density at radius 2 is 2.04 bits per heavy atom. The van der Waals surface area contributed by atoms with Gasteiger partial charge >= 0.3 is 0 Å². The fourth-order valence-corrected chi connectivity index (χ4v) is 4.82. The summed E-state index contributed by atoms with van der Waals surface area (Å²) in [4.78, 5) is 10.1. The minimum atomic E-state index is -0.810. The first-order valence-electron chi connectivity index (χ1n) is 9.74. The lowest BCUT2D eigenvalue weighted by atomic mass is 9.83. The van der Waals surface area contributed by atoms with Crippen LogP contribution in [-0.2, 0) is 0 Å². The van der Waals surface area contributed by atoms with Crippen LogP contribution in [0.2, 0.25) is 0 Å². The van der Waals surface area contributed by atoms with Crippen molar-refractivity contribution in [3.63, 3.8) is 0 Å². The minimum absolute atomic E-state index is 0.0919. The quantitative estimate of drug-likeness (QED) is 0.747. The molecule has 2 fully saturated rings. The van der Waals surface area contributed by atoms with Crippen molar-refractivity contribution < 1.29 is 9.50 Å². The van der Waals surface area contributed by atoms with Gasteiger partial charge in [-0.25, -0.2) is 14.4 Å². The monoisotopic (exact) mass is 379 g/mol. The third-order valence-electron chi connectivity index (χ3n) is 6.38. The van der Waals surface area contributed by atoms with Gasteiger partial charge in [0, 0.05) is 30.3 Å². The lowest BCUT2D eigenvalue weighted by Gasteiger charge is -2.38. The Bertz CT molecular complexity index is 1010. The number of aromatic nitrogens is 4. The standard InChI is InChI=1S/C21H22FN5O/c1-27(18-7-12-2-3-13(6-12)21(18)22)20-5-4-16(25-26-20)15-8-14-10-23-11-24-17(14)9-19(15)28/h4-5,8-13,18,21,28H,2-3,6-7H2,1H3/t12-,13+,18+,21-/m1/s1. The van der Waals surface area contributed by atoms with E-state index in [0.717, 1.165) is 31.1 Å². The summed E-state index contributed by atoms with van der Waals surface area (Å²) in [5, 5.41) is 19.8. The molecule has 5 rings (SSSR count). The van der Waals surface area contributed by atoms with Crippen LogP contribution in [0.5, 0.6) is 5.75 Å². The molecular weight excluding hydrogens is 357 g/mol. The number of phenolic OH excluding ortho intramolecular Hbond substituents is 1. The Morgan fingerprint density at radius 3 is 2.86 bits per heavy atom. The zero-order valence-electron chi connectivity index (χ0n) is 15.7. The van der Waals surface area contributed by atoms with Gasteiger partial charge in [0.05, 0.1) is 17.3 Å². The number of alkyl halides is 1. The van der Waals surface area contributed by atoms with Crippen LogP contribution in [0.1, 0.15) is 25.7 Å². The number of nitrogens with zero attached hydrogens (tertiary/aromatic N) is 5. The molecule has 4 atom stereocenters. The maximum Gasteiger partial charge on any atom is 0.151 e. The number of benzene rings is 1. The third kappa shape index (κ3) is 2.85. The third-order valence-corrected chi connectivity index (χ3v) is 6.38. The van der Waals surface area contributed by atoms with Crippen LogP contribution in [-0.4, -0.2) is 44.5 Å². The van der Waals surface area contributed by atoms with Crippen LogP contribution < -0.4 is 4.90 Å². The molecule has 0 aliphatic heterocycles. The number of phenols is 1. The predicted molar refractivity (Wildman–Crippen MR) is 105 cm³/mol.